The van der Waals surface area contributed by atoms with Gasteiger partial charge in [0, 0.05) is 41.2 Å². The van der Waals surface area contributed by atoms with Gasteiger partial charge in [0.1, 0.15) is 18.3 Å². The van der Waals surface area contributed by atoms with Gasteiger partial charge in [-0.1, -0.05) is 0 Å². The van der Waals surface area contributed by atoms with Crippen LogP contribution in [-0.4, -0.2) is 93.3 Å². The molecule has 1 heterocycles. The number of hydrogen-bond donors (Lipinski definition) is 1. The third-order valence-corrected chi connectivity index (χ3v) is 5.23. The lowest BCUT2D eigenvalue weighted by Gasteiger charge is -2.48. The van der Waals surface area contributed by atoms with Crippen molar-refractivity contribution in [3.8, 4) is 0 Å². The molecule has 204 valence electrons. The highest BCUT2D eigenvalue weighted by molar-refractivity contribution is 5.79. The molecule has 0 saturated carbocycles. The third-order valence-electron chi connectivity index (χ3n) is 5.23. The first-order valence-electron chi connectivity index (χ1n) is 11.0. The normalized spacial score (nSPS) is 24.9. The first-order chi connectivity index (χ1) is 16.8. The zero-order valence-corrected chi connectivity index (χ0v) is 21.3. The highest BCUT2D eigenvalue weighted by Crippen LogP contribution is 2.37. The van der Waals surface area contributed by atoms with Gasteiger partial charge in [0.25, 0.3) is 5.79 Å². The topological polar surface area (TPSA) is 179 Å². The SMILES string of the molecule is COC(=O)CC[C@@H](OC(C)=O)[C@H](OC(C)=O)[C@@H]1O[C@](OC)(C(=O)OC)C[C@H](OC(C)=O)[C@H]1NC(C)=O. The van der Waals surface area contributed by atoms with Gasteiger partial charge in [-0.3, -0.25) is 24.0 Å². The Labute approximate surface area is 208 Å². The molecule has 1 saturated heterocycles. The molecule has 1 fully saturated rings. The van der Waals surface area contributed by atoms with Crippen LogP contribution in [0.15, 0.2) is 0 Å². The third kappa shape index (κ3) is 8.45. The second-order valence-corrected chi connectivity index (χ2v) is 7.95. The molecule has 36 heavy (non-hydrogen) atoms. The van der Waals surface area contributed by atoms with Gasteiger partial charge >= 0.3 is 29.8 Å². The highest BCUT2D eigenvalue weighted by atomic mass is 16.7. The molecule has 1 amide bonds. The first-order valence-corrected chi connectivity index (χ1v) is 11.0. The van der Waals surface area contributed by atoms with E-state index in [-0.39, 0.29) is 12.8 Å². The van der Waals surface area contributed by atoms with Crippen molar-refractivity contribution in [2.24, 2.45) is 0 Å². The number of methoxy groups -OCH3 is 3. The van der Waals surface area contributed by atoms with Gasteiger partial charge in [-0.05, 0) is 6.42 Å². The number of esters is 5. The van der Waals surface area contributed by atoms with Crippen LogP contribution in [0.5, 0.6) is 0 Å². The van der Waals surface area contributed by atoms with Crippen LogP contribution in [0.4, 0.5) is 0 Å². The van der Waals surface area contributed by atoms with Crippen LogP contribution in [0, 0.1) is 0 Å². The maximum Gasteiger partial charge on any atom is 0.366 e. The van der Waals surface area contributed by atoms with Gasteiger partial charge in [-0.2, -0.15) is 0 Å². The second-order valence-electron chi connectivity index (χ2n) is 7.95. The smallest absolute Gasteiger partial charge is 0.366 e. The van der Waals surface area contributed by atoms with Crippen molar-refractivity contribution in [1.29, 1.82) is 0 Å². The number of rotatable bonds is 11. The number of ether oxygens (including phenoxy) is 7. The Bertz CT molecular complexity index is 844. The van der Waals surface area contributed by atoms with Crippen molar-refractivity contribution in [2.75, 3.05) is 21.3 Å². The number of carbonyl (C=O) groups is 6. The van der Waals surface area contributed by atoms with Crippen molar-refractivity contribution in [3.05, 3.63) is 0 Å². The minimum atomic E-state index is -2.16. The Balaban J connectivity index is 3.71. The summed E-state index contributed by atoms with van der Waals surface area (Å²) in [4.78, 5) is 72.4. The van der Waals surface area contributed by atoms with E-state index in [9.17, 15) is 28.8 Å². The summed E-state index contributed by atoms with van der Waals surface area (Å²) in [6.07, 6.45) is -6.38. The van der Waals surface area contributed by atoms with Crippen molar-refractivity contribution in [1.82, 2.24) is 5.32 Å². The molecule has 1 rings (SSSR count). The lowest BCUT2D eigenvalue weighted by molar-refractivity contribution is -0.306. The van der Waals surface area contributed by atoms with Crippen molar-refractivity contribution in [2.45, 2.75) is 83.2 Å². The lowest BCUT2D eigenvalue weighted by Crippen LogP contribution is -2.68. The Morgan fingerprint density at radius 1 is 0.917 bits per heavy atom. The van der Waals surface area contributed by atoms with Crippen LogP contribution in [-0.2, 0) is 61.9 Å². The maximum absolute atomic E-state index is 12.7. The molecular formula is C22H33NO13. The summed E-state index contributed by atoms with van der Waals surface area (Å²) in [5, 5.41) is 2.57. The van der Waals surface area contributed by atoms with Crippen molar-refractivity contribution < 1.29 is 61.9 Å². The predicted molar refractivity (Wildman–Crippen MR) is 117 cm³/mol. The highest BCUT2D eigenvalue weighted by Gasteiger charge is 2.58. The maximum atomic E-state index is 12.7. The zero-order valence-electron chi connectivity index (χ0n) is 21.3. The van der Waals surface area contributed by atoms with Crippen LogP contribution >= 0.6 is 0 Å². The average molecular weight is 520 g/mol. The standard InChI is InChI=1S/C22H33NO13/c1-11(24)23-18-16(34-13(3)26)10-22(32-7,21(29)31-6)36-20(18)19(35-14(4)27)15(33-12(2)25)8-9-17(28)30-5/h15-16,18-20H,8-10H2,1-7H3,(H,23,24)/t15-,16+,18-,19+,20-,22+/m1/s1. The Hall–Kier alpha value is -3.26. The van der Waals surface area contributed by atoms with Gasteiger partial charge in [0.05, 0.1) is 26.7 Å². The van der Waals surface area contributed by atoms with Gasteiger partial charge in [0.15, 0.2) is 6.10 Å². The molecular weight excluding hydrogens is 486 g/mol. The minimum absolute atomic E-state index is 0.187. The van der Waals surface area contributed by atoms with Crippen LogP contribution < -0.4 is 5.32 Å². The van der Waals surface area contributed by atoms with Gasteiger partial charge in [0.2, 0.25) is 5.91 Å². The molecule has 0 aromatic heterocycles. The summed E-state index contributed by atoms with van der Waals surface area (Å²) < 4.78 is 36.9. The van der Waals surface area contributed by atoms with E-state index in [1.807, 2.05) is 0 Å². The fourth-order valence-corrected chi connectivity index (χ4v) is 3.87. The lowest BCUT2D eigenvalue weighted by atomic mass is 9.87. The molecule has 14 nitrogen and oxygen atoms in total. The second kappa shape index (κ2) is 13.7. The zero-order chi connectivity index (χ0) is 27.6. The fraction of sp³-hybridized carbons (Fsp3) is 0.727. The predicted octanol–water partition coefficient (Wildman–Crippen LogP) is -0.456. The average Bonchev–Trinajstić information content (AvgIpc) is 2.79. The number of nitrogens with one attached hydrogen (secondary N) is 1. The van der Waals surface area contributed by atoms with Crippen molar-refractivity contribution >= 4 is 35.8 Å². The molecule has 1 aliphatic rings. The summed E-state index contributed by atoms with van der Waals surface area (Å²) in [5.41, 5.74) is 0. The van der Waals surface area contributed by atoms with Crippen LogP contribution in [0.3, 0.4) is 0 Å². The van der Waals surface area contributed by atoms with E-state index in [0.29, 0.717) is 0 Å². The van der Waals surface area contributed by atoms with E-state index in [4.69, 9.17) is 28.4 Å². The molecule has 0 spiro atoms. The van der Waals surface area contributed by atoms with Gasteiger partial charge in [-0.15, -0.1) is 0 Å². The monoisotopic (exact) mass is 519 g/mol. The van der Waals surface area contributed by atoms with Gasteiger partial charge < -0.3 is 38.5 Å². The Morgan fingerprint density at radius 2 is 1.53 bits per heavy atom. The summed E-state index contributed by atoms with van der Waals surface area (Å²) in [6.45, 7) is 4.46. The Morgan fingerprint density at radius 3 is 1.97 bits per heavy atom. The van der Waals surface area contributed by atoms with E-state index in [2.05, 4.69) is 10.1 Å². The molecule has 6 atom stereocenters. The Kier molecular flexibility index (Phi) is 11.7. The van der Waals surface area contributed by atoms with Crippen LogP contribution in [0.1, 0.15) is 47.0 Å². The molecule has 0 radical (unpaired) electrons. The first kappa shape index (κ1) is 30.8. The largest absolute Gasteiger partial charge is 0.469 e. The summed E-state index contributed by atoms with van der Waals surface area (Å²) in [5.74, 6) is -6.75. The minimum Gasteiger partial charge on any atom is -0.469 e. The molecule has 0 aromatic carbocycles. The van der Waals surface area contributed by atoms with E-state index >= 15 is 0 Å². The summed E-state index contributed by atoms with van der Waals surface area (Å²) in [6, 6.07) is -1.21. The molecule has 0 unspecified atom stereocenters. The summed E-state index contributed by atoms with van der Waals surface area (Å²) >= 11 is 0. The number of hydrogen-bond acceptors (Lipinski definition) is 13. The van der Waals surface area contributed by atoms with Crippen molar-refractivity contribution in [3.63, 3.8) is 0 Å². The number of carbonyl (C=O) groups excluding carboxylic acids is 6. The number of amides is 1. The quantitative estimate of drug-likeness (QED) is 0.274. The van der Waals surface area contributed by atoms with Gasteiger partial charge in [-0.25, -0.2) is 4.79 Å². The van der Waals surface area contributed by atoms with E-state index < -0.39 is 78.4 Å². The van der Waals surface area contributed by atoms with Crippen LogP contribution in [0.2, 0.25) is 0 Å². The molecule has 1 N–H and O–H groups in total. The van der Waals surface area contributed by atoms with E-state index in [1.54, 1.807) is 0 Å². The molecule has 14 heteroatoms. The summed E-state index contributed by atoms with van der Waals surface area (Å²) in [7, 11) is 3.37. The van der Waals surface area contributed by atoms with E-state index in [0.717, 1.165) is 42.1 Å². The molecule has 1 aliphatic heterocycles. The van der Waals surface area contributed by atoms with Crippen LogP contribution in [0.25, 0.3) is 0 Å². The molecule has 0 aromatic rings. The van der Waals surface area contributed by atoms with E-state index in [1.165, 1.54) is 6.92 Å². The molecule has 0 aliphatic carbocycles. The molecule has 0 bridgehead atoms. The fourth-order valence-electron chi connectivity index (χ4n) is 3.87.